The maximum Gasteiger partial charge on any atom is 0.152 e. The molecule has 2 aliphatic rings. The summed E-state index contributed by atoms with van der Waals surface area (Å²) in [5, 5.41) is 0. The van der Waals surface area contributed by atoms with Crippen LogP contribution in [0.4, 0.5) is 0 Å². The van der Waals surface area contributed by atoms with Crippen LogP contribution in [0, 0.1) is 11.8 Å². The van der Waals surface area contributed by atoms with Crippen molar-refractivity contribution in [1.29, 1.82) is 0 Å². The van der Waals surface area contributed by atoms with E-state index in [0.717, 1.165) is 6.42 Å². The summed E-state index contributed by atoms with van der Waals surface area (Å²) in [6.07, 6.45) is 1.12. The number of benzene rings is 1. The smallest absolute Gasteiger partial charge is 0.152 e. The van der Waals surface area contributed by atoms with Crippen molar-refractivity contribution in [3.05, 3.63) is 35.9 Å². The Morgan fingerprint density at radius 3 is 2.60 bits per heavy atom. The molecule has 5 atom stereocenters. The van der Waals surface area contributed by atoms with Crippen molar-refractivity contribution in [3.63, 3.8) is 0 Å². The third-order valence-electron chi connectivity index (χ3n) is 4.51. The van der Waals surface area contributed by atoms with Crippen molar-refractivity contribution in [2.75, 3.05) is 0 Å². The second kappa shape index (κ2) is 5.49. The summed E-state index contributed by atoms with van der Waals surface area (Å²) in [5.74, 6) is 0.400. The molecule has 1 heterocycles. The van der Waals surface area contributed by atoms with Crippen LogP contribution in [0.3, 0.4) is 0 Å². The summed E-state index contributed by atoms with van der Waals surface area (Å²) in [5.41, 5.74) is 1.17. The van der Waals surface area contributed by atoms with E-state index in [0.29, 0.717) is 12.5 Å². The Balaban J connectivity index is 1.70. The maximum atomic E-state index is 6.34. The molecule has 1 saturated carbocycles. The van der Waals surface area contributed by atoms with Crippen molar-refractivity contribution >= 4 is 23.2 Å². The van der Waals surface area contributed by atoms with Gasteiger partial charge in [-0.2, -0.15) is 0 Å². The zero-order chi connectivity index (χ0) is 14.3. The molecule has 0 bridgehead atoms. The van der Waals surface area contributed by atoms with Crippen LogP contribution in [0.2, 0.25) is 0 Å². The number of ether oxygens (including phenoxy) is 2. The average molecular weight is 315 g/mol. The third-order valence-corrected chi connectivity index (χ3v) is 5.44. The zero-order valence-electron chi connectivity index (χ0n) is 11.8. The number of hydrogen-bond acceptors (Lipinski definition) is 2. The minimum atomic E-state index is -0.778. The highest BCUT2D eigenvalue weighted by atomic mass is 35.5. The first-order valence-electron chi connectivity index (χ1n) is 7.24. The molecule has 0 unspecified atom stereocenters. The quantitative estimate of drug-likeness (QED) is 0.776. The molecule has 2 nitrogen and oxygen atoms in total. The lowest BCUT2D eigenvalue weighted by Crippen LogP contribution is -2.40. The molecule has 1 saturated heterocycles. The number of rotatable bonds is 4. The van der Waals surface area contributed by atoms with Gasteiger partial charge in [0.05, 0.1) is 30.8 Å². The number of alkyl halides is 2. The molecule has 1 aromatic rings. The lowest BCUT2D eigenvalue weighted by atomic mass is 9.91. The first-order valence-corrected chi connectivity index (χ1v) is 8.00. The number of hydrogen-bond donors (Lipinski definition) is 0. The Morgan fingerprint density at radius 1 is 1.25 bits per heavy atom. The zero-order valence-corrected chi connectivity index (χ0v) is 13.3. The fraction of sp³-hybridized carbons (Fsp3) is 0.625. The Kier molecular flexibility index (Phi) is 4.02. The highest BCUT2D eigenvalue weighted by Gasteiger charge is 2.72. The first-order chi connectivity index (χ1) is 9.55. The van der Waals surface area contributed by atoms with Gasteiger partial charge in [0, 0.05) is 5.92 Å². The van der Waals surface area contributed by atoms with Gasteiger partial charge in [-0.1, -0.05) is 67.4 Å². The van der Waals surface area contributed by atoms with Crippen LogP contribution >= 0.6 is 23.2 Å². The molecule has 20 heavy (non-hydrogen) atoms. The summed E-state index contributed by atoms with van der Waals surface area (Å²) in [6.45, 7) is 4.89. The molecule has 110 valence electrons. The van der Waals surface area contributed by atoms with Crippen LogP contribution in [0.5, 0.6) is 0 Å². The molecule has 1 aromatic carbocycles. The van der Waals surface area contributed by atoms with E-state index < -0.39 is 4.33 Å². The Labute approximate surface area is 130 Å². The van der Waals surface area contributed by atoms with Crippen molar-refractivity contribution in [2.45, 2.75) is 49.5 Å². The van der Waals surface area contributed by atoms with Gasteiger partial charge in [0.1, 0.15) is 0 Å². The van der Waals surface area contributed by atoms with Crippen molar-refractivity contribution in [2.24, 2.45) is 11.8 Å². The fourth-order valence-corrected chi connectivity index (χ4v) is 3.95. The molecule has 0 radical (unpaired) electrons. The second-order valence-electron chi connectivity index (χ2n) is 5.82. The highest BCUT2D eigenvalue weighted by molar-refractivity contribution is 6.51. The first kappa shape index (κ1) is 14.6. The van der Waals surface area contributed by atoms with Gasteiger partial charge in [-0.3, -0.25) is 0 Å². The minimum Gasteiger partial charge on any atom is -0.373 e. The van der Waals surface area contributed by atoms with Crippen LogP contribution < -0.4 is 0 Å². The molecular weight excluding hydrogens is 295 g/mol. The van der Waals surface area contributed by atoms with E-state index in [-0.39, 0.29) is 24.2 Å². The lowest BCUT2D eigenvalue weighted by Gasteiger charge is -2.34. The Hall–Kier alpha value is -0.280. The standard InChI is InChI=1S/C16H20Cl2O2/c1-3-12-10(2)14(13-15(20-12)16(13,17)18)19-9-11-7-5-4-6-8-11/h4-8,10,12-15H,3,9H2,1-2H3/t10-,12+,13+,14-,15-/m0/s1. The van der Waals surface area contributed by atoms with E-state index in [2.05, 4.69) is 26.0 Å². The summed E-state index contributed by atoms with van der Waals surface area (Å²) in [6, 6.07) is 10.2. The summed E-state index contributed by atoms with van der Waals surface area (Å²) < 4.78 is 11.4. The molecule has 0 N–H and O–H groups in total. The van der Waals surface area contributed by atoms with E-state index in [1.807, 2.05) is 18.2 Å². The van der Waals surface area contributed by atoms with E-state index in [1.165, 1.54) is 5.56 Å². The third kappa shape index (κ3) is 2.48. The maximum absolute atomic E-state index is 6.34. The molecule has 1 aliphatic heterocycles. The fourth-order valence-electron chi connectivity index (χ4n) is 3.23. The van der Waals surface area contributed by atoms with Crippen LogP contribution in [-0.4, -0.2) is 22.6 Å². The summed E-state index contributed by atoms with van der Waals surface area (Å²) in [7, 11) is 0. The number of fused-ring (bicyclic) bond motifs is 1. The number of halogens is 2. The molecule has 3 rings (SSSR count). The average Bonchev–Trinajstić information content (AvgIpc) is 3.00. The topological polar surface area (TPSA) is 18.5 Å². The van der Waals surface area contributed by atoms with Crippen LogP contribution in [0.15, 0.2) is 30.3 Å². The minimum absolute atomic E-state index is 0.0638. The van der Waals surface area contributed by atoms with Gasteiger partial charge in [0.25, 0.3) is 0 Å². The highest BCUT2D eigenvalue weighted by Crippen LogP contribution is 2.62. The largest absolute Gasteiger partial charge is 0.373 e. The van der Waals surface area contributed by atoms with Crippen LogP contribution in [0.25, 0.3) is 0 Å². The van der Waals surface area contributed by atoms with E-state index in [4.69, 9.17) is 32.7 Å². The van der Waals surface area contributed by atoms with E-state index >= 15 is 0 Å². The molecule has 0 spiro atoms. The SMILES string of the molecule is CC[C@H]1O[C@H]2[C@@H]([C@@H](OCc3ccccc3)[C@H]1C)C2(Cl)Cl. The van der Waals surface area contributed by atoms with Crippen molar-refractivity contribution in [1.82, 2.24) is 0 Å². The second-order valence-corrected chi connectivity index (χ2v) is 7.27. The summed E-state index contributed by atoms with van der Waals surface area (Å²) >= 11 is 12.7. The molecule has 0 amide bonds. The van der Waals surface area contributed by atoms with Gasteiger partial charge in [-0.05, 0) is 12.0 Å². The van der Waals surface area contributed by atoms with Crippen LogP contribution in [0.1, 0.15) is 25.8 Å². The molecule has 4 heteroatoms. The Morgan fingerprint density at radius 2 is 1.95 bits per heavy atom. The van der Waals surface area contributed by atoms with Gasteiger partial charge >= 0.3 is 0 Å². The van der Waals surface area contributed by atoms with E-state index in [1.54, 1.807) is 0 Å². The van der Waals surface area contributed by atoms with Crippen molar-refractivity contribution in [3.8, 4) is 0 Å². The summed E-state index contributed by atoms with van der Waals surface area (Å²) in [4.78, 5) is 0. The predicted octanol–water partition coefficient (Wildman–Crippen LogP) is 4.19. The van der Waals surface area contributed by atoms with Crippen molar-refractivity contribution < 1.29 is 9.47 Å². The van der Waals surface area contributed by atoms with Gasteiger partial charge in [-0.25, -0.2) is 0 Å². The monoisotopic (exact) mass is 314 g/mol. The van der Waals surface area contributed by atoms with E-state index in [9.17, 15) is 0 Å². The van der Waals surface area contributed by atoms with Crippen LogP contribution in [-0.2, 0) is 16.1 Å². The predicted molar refractivity (Wildman–Crippen MR) is 81.1 cm³/mol. The molecule has 2 fully saturated rings. The molecular formula is C16H20Cl2O2. The van der Waals surface area contributed by atoms with Gasteiger partial charge < -0.3 is 9.47 Å². The molecule has 0 aromatic heterocycles. The van der Waals surface area contributed by atoms with Gasteiger partial charge in [-0.15, -0.1) is 0 Å². The Bertz CT molecular complexity index is 463. The lowest BCUT2D eigenvalue weighted by molar-refractivity contribution is -0.122. The molecule has 1 aliphatic carbocycles. The van der Waals surface area contributed by atoms with Gasteiger partial charge in [0.2, 0.25) is 0 Å². The van der Waals surface area contributed by atoms with Gasteiger partial charge in [0.15, 0.2) is 4.33 Å². The normalized spacial score (nSPS) is 38.3.